The van der Waals surface area contributed by atoms with Gasteiger partial charge in [-0.3, -0.25) is 4.90 Å². The third-order valence-electron chi connectivity index (χ3n) is 4.33. The van der Waals surface area contributed by atoms with Crippen LogP contribution in [0.5, 0.6) is 5.75 Å². The highest BCUT2D eigenvalue weighted by Gasteiger charge is 2.42. The minimum atomic E-state index is 0.000753. The van der Waals surface area contributed by atoms with Gasteiger partial charge < -0.3 is 10.5 Å². The second-order valence-corrected chi connectivity index (χ2v) is 6.25. The molecule has 0 amide bonds. The first kappa shape index (κ1) is 13.2. The van der Waals surface area contributed by atoms with E-state index in [9.17, 15) is 0 Å². The molecule has 0 aromatic heterocycles. The van der Waals surface area contributed by atoms with Crippen molar-refractivity contribution < 1.29 is 4.74 Å². The quantitative estimate of drug-likeness (QED) is 0.904. The third-order valence-corrected chi connectivity index (χ3v) is 4.54. The van der Waals surface area contributed by atoms with Crippen LogP contribution in [0.15, 0.2) is 12.1 Å². The molecule has 2 N–H and O–H groups in total. The molecule has 1 spiro atoms. The zero-order chi connectivity index (χ0) is 13.5. The molecule has 0 aliphatic carbocycles. The molecule has 1 saturated heterocycles. The van der Waals surface area contributed by atoms with Crippen molar-refractivity contribution in [2.45, 2.75) is 31.8 Å². The van der Waals surface area contributed by atoms with Gasteiger partial charge >= 0.3 is 0 Å². The normalized spacial score (nSPS) is 26.5. The monoisotopic (exact) mass is 280 g/mol. The number of nitrogens with two attached hydrogens (primary N) is 1. The van der Waals surface area contributed by atoms with Crippen molar-refractivity contribution in [1.82, 2.24) is 4.90 Å². The summed E-state index contributed by atoms with van der Waals surface area (Å²) in [6.07, 6.45) is 3.25. The molecular formula is C15H21ClN2O. The van der Waals surface area contributed by atoms with Gasteiger partial charge in [-0.1, -0.05) is 11.6 Å². The number of halogens is 1. The summed E-state index contributed by atoms with van der Waals surface area (Å²) < 4.78 is 6.40. The summed E-state index contributed by atoms with van der Waals surface area (Å²) >= 11 is 6.12. The summed E-state index contributed by atoms with van der Waals surface area (Å²) in [5, 5.41) is 0.812. The van der Waals surface area contributed by atoms with Crippen LogP contribution >= 0.6 is 11.6 Å². The lowest BCUT2D eigenvalue weighted by molar-refractivity contribution is 0.0541. The molecule has 2 aliphatic rings. The molecule has 2 aliphatic heterocycles. The van der Waals surface area contributed by atoms with Gasteiger partial charge in [0.05, 0.1) is 0 Å². The number of hydrogen-bond donors (Lipinski definition) is 1. The van der Waals surface area contributed by atoms with E-state index in [4.69, 9.17) is 22.1 Å². The molecular weight excluding hydrogens is 260 g/mol. The molecule has 19 heavy (non-hydrogen) atoms. The first-order valence-electron chi connectivity index (χ1n) is 7.02. The van der Waals surface area contributed by atoms with Gasteiger partial charge in [-0.05, 0) is 43.0 Å². The number of likely N-dealkylation sites (tertiary alicyclic amines) is 1. The molecule has 1 aromatic carbocycles. The number of nitrogens with zero attached hydrogens (tertiary/aromatic N) is 1. The van der Waals surface area contributed by atoms with Crippen molar-refractivity contribution in [3.63, 3.8) is 0 Å². The highest BCUT2D eigenvalue weighted by Crippen LogP contribution is 2.41. The van der Waals surface area contributed by atoms with Gasteiger partial charge in [0.25, 0.3) is 0 Å². The van der Waals surface area contributed by atoms with Gasteiger partial charge in [-0.25, -0.2) is 0 Å². The standard InChI is InChI=1S/C15H21ClN2O/c1-11-8-13(16)9-12-2-3-15(19-14(11)12)4-6-18(10-15)7-5-17/h8-9H,2-7,10,17H2,1H3. The molecule has 0 radical (unpaired) electrons. The molecule has 1 atom stereocenters. The van der Waals surface area contributed by atoms with Gasteiger partial charge in [0, 0.05) is 37.6 Å². The number of benzene rings is 1. The maximum Gasteiger partial charge on any atom is 0.126 e. The van der Waals surface area contributed by atoms with Gasteiger partial charge in [0.2, 0.25) is 0 Å². The maximum absolute atomic E-state index is 6.40. The largest absolute Gasteiger partial charge is 0.485 e. The first-order valence-corrected chi connectivity index (χ1v) is 7.40. The first-order chi connectivity index (χ1) is 9.12. The second-order valence-electron chi connectivity index (χ2n) is 5.81. The molecule has 4 heteroatoms. The van der Waals surface area contributed by atoms with Crippen LogP contribution in [0.1, 0.15) is 24.0 Å². The van der Waals surface area contributed by atoms with Crippen LogP contribution < -0.4 is 10.5 Å². The Bertz CT molecular complexity index is 491. The summed E-state index contributed by atoms with van der Waals surface area (Å²) in [5.41, 5.74) is 8.06. The van der Waals surface area contributed by atoms with Crippen LogP contribution in [0.25, 0.3) is 0 Å². The average molecular weight is 281 g/mol. The minimum Gasteiger partial charge on any atom is -0.485 e. The van der Waals surface area contributed by atoms with E-state index in [1.165, 1.54) is 5.56 Å². The Balaban J connectivity index is 1.83. The molecule has 1 aromatic rings. The number of aryl methyl sites for hydroxylation is 2. The van der Waals surface area contributed by atoms with E-state index >= 15 is 0 Å². The molecule has 3 nitrogen and oxygen atoms in total. The lowest BCUT2D eigenvalue weighted by Gasteiger charge is -2.36. The smallest absolute Gasteiger partial charge is 0.126 e. The summed E-state index contributed by atoms with van der Waals surface area (Å²) in [6.45, 7) is 5.88. The van der Waals surface area contributed by atoms with Crippen molar-refractivity contribution in [3.05, 3.63) is 28.3 Å². The lowest BCUT2D eigenvalue weighted by Crippen LogP contribution is -2.43. The topological polar surface area (TPSA) is 38.5 Å². The Labute approximate surface area is 119 Å². The van der Waals surface area contributed by atoms with Crippen LogP contribution in [0.3, 0.4) is 0 Å². The molecule has 0 bridgehead atoms. The Morgan fingerprint density at radius 2 is 2.26 bits per heavy atom. The van der Waals surface area contributed by atoms with E-state index < -0.39 is 0 Å². The number of rotatable bonds is 2. The maximum atomic E-state index is 6.40. The van der Waals surface area contributed by atoms with E-state index in [0.717, 1.165) is 61.8 Å². The molecule has 2 heterocycles. The van der Waals surface area contributed by atoms with Crippen molar-refractivity contribution in [3.8, 4) is 5.75 Å². The van der Waals surface area contributed by atoms with Crippen molar-refractivity contribution in [2.75, 3.05) is 26.2 Å². The van der Waals surface area contributed by atoms with Crippen LogP contribution in [-0.4, -0.2) is 36.7 Å². The fourth-order valence-electron chi connectivity index (χ4n) is 3.35. The van der Waals surface area contributed by atoms with Gasteiger partial charge in [0.1, 0.15) is 11.4 Å². The zero-order valence-electron chi connectivity index (χ0n) is 11.4. The Morgan fingerprint density at radius 3 is 3.05 bits per heavy atom. The third kappa shape index (κ3) is 2.47. The Hall–Kier alpha value is -0.770. The zero-order valence-corrected chi connectivity index (χ0v) is 12.2. The summed E-state index contributed by atoms with van der Waals surface area (Å²) in [7, 11) is 0. The minimum absolute atomic E-state index is 0.000753. The van der Waals surface area contributed by atoms with E-state index in [1.807, 2.05) is 12.1 Å². The number of fused-ring (bicyclic) bond motifs is 1. The predicted molar refractivity (Wildman–Crippen MR) is 78.0 cm³/mol. The fourth-order valence-corrected chi connectivity index (χ4v) is 3.64. The highest BCUT2D eigenvalue weighted by atomic mass is 35.5. The van der Waals surface area contributed by atoms with Crippen LogP contribution in [-0.2, 0) is 6.42 Å². The van der Waals surface area contributed by atoms with Crippen molar-refractivity contribution in [1.29, 1.82) is 0 Å². The second kappa shape index (κ2) is 4.97. The molecule has 104 valence electrons. The van der Waals surface area contributed by atoms with Gasteiger partial charge in [0.15, 0.2) is 0 Å². The molecule has 0 saturated carbocycles. The predicted octanol–water partition coefficient (Wildman–Crippen LogP) is 2.38. The van der Waals surface area contributed by atoms with E-state index in [2.05, 4.69) is 11.8 Å². The lowest BCUT2D eigenvalue weighted by atomic mass is 9.89. The Kier molecular flexibility index (Phi) is 3.46. The van der Waals surface area contributed by atoms with Gasteiger partial charge in [-0.2, -0.15) is 0 Å². The summed E-state index contributed by atoms with van der Waals surface area (Å²) in [4.78, 5) is 2.41. The van der Waals surface area contributed by atoms with Crippen LogP contribution in [0, 0.1) is 6.92 Å². The summed E-state index contributed by atoms with van der Waals surface area (Å²) in [6, 6.07) is 4.04. The SMILES string of the molecule is Cc1cc(Cl)cc2c1OC1(CC2)CCN(CCN)C1. The fraction of sp³-hybridized carbons (Fsp3) is 0.600. The van der Waals surface area contributed by atoms with Crippen molar-refractivity contribution >= 4 is 11.6 Å². The highest BCUT2D eigenvalue weighted by molar-refractivity contribution is 6.30. The number of hydrogen-bond acceptors (Lipinski definition) is 3. The van der Waals surface area contributed by atoms with Gasteiger partial charge in [-0.15, -0.1) is 0 Å². The van der Waals surface area contributed by atoms with Crippen LogP contribution in [0.2, 0.25) is 5.02 Å². The molecule has 1 unspecified atom stereocenters. The number of ether oxygens (including phenoxy) is 1. The van der Waals surface area contributed by atoms with E-state index in [0.29, 0.717) is 0 Å². The molecule has 1 fully saturated rings. The molecule has 3 rings (SSSR count). The summed E-state index contributed by atoms with van der Waals surface area (Å²) in [5.74, 6) is 1.06. The van der Waals surface area contributed by atoms with E-state index in [-0.39, 0.29) is 5.60 Å². The van der Waals surface area contributed by atoms with Crippen molar-refractivity contribution in [2.24, 2.45) is 5.73 Å². The average Bonchev–Trinajstić information content (AvgIpc) is 2.74. The van der Waals surface area contributed by atoms with E-state index in [1.54, 1.807) is 0 Å². The van der Waals surface area contributed by atoms with Crippen LogP contribution in [0.4, 0.5) is 0 Å². The Morgan fingerprint density at radius 1 is 1.42 bits per heavy atom.